The van der Waals surface area contributed by atoms with Crippen molar-refractivity contribution in [2.75, 3.05) is 13.1 Å². The summed E-state index contributed by atoms with van der Waals surface area (Å²) in [5, 5.41) is 8.67. The topological polar surface area (TPSA) is 102 Å². The molecule has 2 aromatic rings. The van der Waals surface area contributed by atoms with Gasteiger partial charge in [-0.05, 0) is 37.8 Å². The lowest BCUT2D eigenvalue weighted by Crippen LogP contribution is -2.40. The minimum Gasteiger partial charge on any atom is -0.354 e. The lowest BCUT2D eigenvalue weighted by Gasteiger charge is -2.25. The van der Waals surface area contributed by atoms with Crippen molar-refractivity contribution in [1.29, 1.82) is 0 Å². The van der Waals surface area contributed by atoms with E-state index in [4.69, 9.17) is 5.73 Å². The second-order valence-corrected chi connectivity index (χ2v) is 7.33. The first kappa shape index (κ1) is 21.8. The Morgan fingerprint density at radius 1 is 1.07 bits per heavy atom. The lowest BCUT2D eigenvalue weighted by atomic mass is 9.86. The molecule has 0 aliphatic heterocycles. The Balaban J connectivity index is 1.58. The molecular weight excluding hydrogens is 399 g/mol. The van der Waals surface area contributed by atoms with Gasteiger partial charge in [0.15, 0.2) is 5.69 Å². The predicted octanol–water partition coefficient (Wildman–Crippen LogP) is 2.25. The quantitative estimate of drug-likeness (QED) is 0.620. The van der Waals surface area contributed by atoms with Gasteiger partial charge in [-0.25, -0.2) is 4.68 Å². The number of carbonyl (C=O) groups is 2. The van der Waals surface area contributed by atoms with E-state index in [0.29, 0.717) is 18.5 Å². The smallest absolute Gasteiger partial charge is 0.354 e. The van der Waals surface area contributed by atoms with Crippen LogP contribution in [-0.2, 0) is 11.0 Å². The van der Waals surface area contributed by atoms with Crippen LogP contribution in [0.2, 0.25) is 0 Å². The van der Waals surface area contributed by atoms with Crippen LogP contribution in [0.4, 0.5) is 13.2 Å². The van der Waals surface area contributed by atoms with Crippen molar-refractivity contribution in [3.05, 3.63) is 47.8 Å². The molecule has 0 bridgehead atoms. The predicted molar refractivity (Wildman–Crippen MR) is 104 cm³/mol. The third-order valence-corrected chi connectivity index (χ3v) is 5.10. The van der Waals surface area contributed by atoms with Crippen LogP contribution in [0.25, 0.3) is 5.69 Å². The van der Waals surface area contributed by atoms with Crippen LogP contribution in [0.1, 0.15) is 41.7 Å². The van der Waals surface area contributed by atoms with Crippen molar-refractivity contribution in [3.8, 4) is 5.69 Å². The van der Waals surface area contributed by atoms with Crippen LogP contribution >= 0.6 is 0 Å². The number of aromatic nitrogens is 2. The summed E-state index contributed by atoms with van der Waals surface area (Å²) < 4.78 is 41.1. The van der Waals surface area contributed by atoms with E-state index >= 15 is 0 Å². The molecule has 1 heterocycles. The molecule has 162 valence electrons. The second-order valence-electron chi connectivity index (χ2n) is 7.33. The molecule has 1 aromatic heterocycles. The summed E-state index contributed by atoms with van der Waals surface area (Å²) in [6.45, 7) is 0.131. The number of nitrogens with one attached hydrogen (secondary N) is 2. The number of benzene rings is 1. The SMILES string of the molecule is NC1CCC(C(=O)NCCNC(=O)c2cn(-c3ccccc3)nc2C(F)(F)F)CC1. The van der Waals surface area contributed by atoms with Gasteiger partial charge >= 0.3 is 6.18 Å². The molecule has 3 rings (SSSR count). The molecule has 2 amide bonds. The van der Waals surface area contributed by atoms with E-state index in [1.54, 1.807) is 30.3 Å². The van der Waals surface area contributed by atoms with Gasteiger partial charge in [0.1, 0.15) is 0 Å². The zero-order valence-corrected chi connectivity index (χ0v) is 16.3. The van der Waals surface area contributed by atoms with Gasteiger partial charge in [-0.1, -0.05) is 18.2 Å². The first-order valence-electron chi connectivity index (χ1n) is 9.79. The van der Waals surface area contributed by atoms with Gasteiger partial charge in [0.25, 0.3) is 5.91 Å². The molecule has 1 aliphatic carbocycles. The van der Waals surface area contributed by atoms with Crippen molar-refractivity contribution >= 4 is 11.8 Å². The maximum atomic E-state index is 13.3. The fraction of sp³-hybridized carbons (Fsp3) is 0.450. The molecule has 1 aliphatic rings. The highest BCUT2D eigenvalue weighted by atomic mass is 19.4. The van der Waals surface area contributed by atoms with Crippen LogP contribution in [0.3, 0.4) is 0 Å². The summed E-state index contributed by atoms with van der Waals surface area (Å²) in [6.07, 6.45) is -0.707. The Morgan fingerprint density at radius 3 is 2.33 bits per heavy atom. The van der Waals surface area contributed by atoms with Crippen molar-refractivity contribution in [3.63, 3.8) is 0 Å². The molecule has 0 radical (unpaired) electrons. The number of rotatable bonds is 6. The summed E-state index contributed by atoms with van der Waals surface area (Å²) in [5.41, 5.74) is 4.40. The summed E-state index contributed by atoms with van der Waals surface area (Å²) in [7, 11) is 0. The number of nitrogens with two attached hydrogens (primary N) is 1. The highest BCUT2D eigenvalue weighted by molar-refractivity contribution is 5.95. The van der Waals surface area contributed by atoms with Crippen LogP contribution in [-0.4, -0.2) is 40.7 Å². The average Bonchev–Trinajstić information content (AvgIpc) is 3.18. The van der Waals surface area contributed by atoms with Crippen molar-refractivity contribution in [1.82, 2.24) is 20.4 Å². The molecule has 0 atom stereocenters. The third kappa shape index (κ3) is 5.38. The van der Waals surface area contributed by atoms with E-state index in [9.17, 15) is 22.8 Å². The normalized spacial score (nSPS) is 19.3. The molecule has 1 fully saturated rings. The molecule has 7 nitrogen and oxygen atoms in total. The number of amides is 2. The molecule has 1 saturated carbocycles. The number of para-hydroxylation sites is 1. The minimum absolute atomic E-state index is 0.00458. The minimum atomic E-state index is -4.78. The number of carbonyl (C=O) groups excluding carboxylic acids is 2. The van der Waals surface area contributed by atoms with Gasteiger partial charge in [-0.3, -0.25) is 9.59 Å². The molecule has 0 spiro atoms. The molecule has 10 heteroatoms. The first-order chi connectivity index (χ1) is 14.3. The van der Waals surface area contributed by atoms with E-state index in [0.717, 1.165) is 23.7 Å². The van der Waals surface area contributed by atoms with E-state index < -0.39 is 23.3 Å². The number of hydrogen-bond donors (Lipinski definition) is 3. The van der Waals surface area contributed by atoms with Crippen LogP contribution in [0.5, 0.6) is 0 Å². The molecule has 0 unspecified atom stereocenters. The Kier molecular flexibility index (Phi) is 6.76. The highest BCUT2D eigenvalue weighted by Crippen LogP contribution is 2.31. The van der Waals surface area contributed by atoms with Crippen molar-refractivity contribution in [2.45, 2.75) is 37.9 Å². The Labute approximate surface area is 171 Å². The van der Waals surface area contributed by atoms with Gasteiger partial charge in [0, 0.05) is 31.2 Å². The molecule has 1 aromatic carbocycles. The van der Waals surface area contributed by atoms with Crippen LogP contribution in [0, 0.1) is 5.92 Å². The second kappa shape index (κ2) is 9.29. The van der Waals surface area contributed by atoms with Gasteiger partial charge in [-0.15, -0.1) is 0 Å². The maximum Gasteiger partial charge on any atom is 0.435 e. The zero-order valence-electron chi connectivity index (χ0n) is 16.3. The van der Waals surface area contributed by atoms with Crippen molar-refractivity contribution < 1.29 is 22.8 Å². The van der Waals surface area contributed by atoms with Gasteiger partial charge in [0.05, 0.1) is 11.3 Å². The van der Waals surface area contributed by atoms with Crippen LogP contribution < -0.4 is 16.4 Å². The van der Waals surface area contributed by atoms with E-state index in [2.05, 4.69) is 15.7 Å². The van der Waals surface area contributed by atoms with Crippen molar-refractivity contribution in [2.24, 2.45) is 11.7 Å². The highest BCUT2D eigenvalue weighted by Gasteiger charge is 2.39. The number of hydrogen-bond acceptors (Lipinski definition) is 4. The Bertz CT molecular complexity index is 874. The van der Waals surface area contributed by atoms with Gasteiger partial charge < -0.3 is 16.4 Å². The van der Waals surface area contributed by atoms with E-state index in [1.165, 1.54) is 0 Å². The number of alkyl halides is 3. The molecular formula is C20H24F3N5O2. The Hall–Kier alpha value is -2.88. The monoisotopic (exact) mass is 423 g/mol. The molecule has 4 N–H and O–H groups in total. The van der Waals surface area contributed by atoms with Gasteiger partial charge in [0.2, 0.25) is 5.91 Å². The average molecular weight is 423 g/mol. The maximum absolute atomic E-state index is 13.3. The number of nitrogens with zero attached hydrogens (tertiary/aromatic N) is 2. The summed E-state index contributed by atoms with van der Waals surface area (Å²) in [6, 6.07) is 8.35. The van der Waals surface area contributed by atoms with E-state index in [1.807, 2.05) is 0 Å². The summed E-state index contributed by atoms with van der Waals surface area (Å²) in [4.78, 5) is 24.5. The zero-order chi connectivity index (χ0) is 21.7. The summed E-state index contributed by atoms with van der Waals surface area (Å²) in [5.74, 6) is -1.13. The fourth-order valence-corrected chi connectivity index (χ4v) is 3.45. The number of halogens is 3. The first-order valence-corrected chi connectivity index (χ1v) is 9.79. The largest absolute Gasteiger partial charge is 0.435 e. The fourth-order valence-electron chi connectivity index (χ4n) is 3.45. The molecule has 0 saturated heterocycles. The van der Waals surface area contributed by atoms with Gasteiger partial charge in [-0.2, -0.15) is 18.3 Å². The third-order valence-electron chi connectivity index (χ3n) is 5.10. The van der Waals surface area contributed by atoms with Crippen LogP contribution in [0.15, 0.2) is 36.5 Å². The lowest BCUT2D eigenvalue weighted by molar-refractivity contribution is -0.141. The molecule has 30 heavy (non-hydrogen) atoms. The van der Waals surface area contributed by atoms with E-state index in [-0.39, 0.29) is 31.0 Å². The summed E-state index contributed by atoms with van der Waals surface area (Å²) >= 11 is 0. The Morgan fingerprint density at radius 2 is 1.70 bits per heavy atom. The standard InChI is InChI=1S/C20H24F3N5O2/c21-20(22,23)17-16(12-28(27-17)15-4-2-1-3-5-15)19(30)26-11-10-25-18(29)13-6-8-14(24)9-7-13/h1-5,12-14H,6-11,24H2,(H,25,29)(H,26,30).